The van der Waals surface area contributed by atoms with Crippen LogP contribution in [0.2, 0.25) is 0 Å². The van der Waals surface area contributed by atoms with E-state index in [1.165, 1.54) is 5.56 Å². The van der Waals surface area contributed by atoms with E-state index in [0.29, 0.717) is 0 Å². The molecule has 108 valence electrons. The number of H-pyrrole nitrogens is 1. The van der Waals surface area contributed by atoms with E-state index in [-0.39, 0.29) is 0 Å². The van der Waals surface area contributed by atoms with Crippen LogP contribution in [0.4, 0.5) is 0 Å². The highest BCUT2D eigenvalue weighted by molar-refractivity contribution is 5.72. The lowest BCUT2D eigenvalue weighted by Gasteiger charge is -2.02. The third-order valence-corrected chi connectivity index (χ3v) is 3.92. The van der Waals surface area contributed by atoms with Gasteiger partial charge < -0.3 is 0 Å². The first-order chi connectivity index (χ1) is 10.7. The Kier molecular flexibility index (Phi) is 2.79. The first-order valence-electron chi connectivity index (χ1n) is 7.15. The smallest absolute Gasteiger partial charge is 0.154 e. The third kappa shape index (κ3) is 1.98. The molecule has 4 aromatic rings. The monoisotopic (exact) mass is 289 g/mol. The van der Waals surface area contributed by atoms with Crippen molar-refractivity contribution in [3.05, 3.63) is 60.0 Å². The lowest BCUT2D eigenvalue weighted by atomic mass is 10.0. The molecule has 5 nitrogen and oxygen atoms in total. The number of aromatic amines is 1. The van der Waals surface area contributed by atoms with Crippen molar-refractivity contribution >= 4 is 5.65 Å². The number of nitrogens with one attached hydrogen (secondary N) is 1. The Balaban J connectivity index is 1.83. The van der Waals surface area contributed by atoms with E-state index in [0.717, 1.165) is 33.9 Å². The van der Waals surface area contributed by atoms with E-state index >= 15 is 0 Å². The summed E-state index contributed by atoms with van der Waals surface area (Å²) in [7, 11) is 0. The van der Waals surface area contributed by atoms with Crippen LogP contribution in [0.15, 0.2) is 48.8 Å². The lowest BCUT2D eigenvalue weighted by Crippen LogP contribution is -1.85. The number of imidazole rings is 1. The van der Waals surface area contributed by atoms with E-state index in [2.05, 4.69) is 45.4 Å². The predicted octanol–water partition coefficient (Wildman–Crippen LogP) is 3.40. The van der Waals surface area contributed by atoms with Crippen LogP contribution >= 0.6 is 0 Å². The molecule has 0 atom stereocenters. The summed E-state index contributed by atoms with van der Waals surface area (Å²) in [4.78, 5) is 4.62. The maximum absolute atomic E-state index is 4.62. The van der Waals surface area contributed by atoms with Crippen LogP contribution in [0.1, 0.15) is 11.3 Å². The highest BCUT2D eigenvalue weighted by Crippen LogP contribution is 2.27. The average molecular weight is 289 g/mol. The molecule has 0 spiro atoms. The Bertz CT molecular complexity index is 931. The Morgan fingerprint density at radius 1 is 1.05 bits per heavy atom. The van der Waals surface area contributed by atoms with Gasteiger partial charge in [0.1, 0.15) is 0 Å². The van der Waals surface area contributed by atoms with Crippen molar-refractivity contribution in [1.82, 2.24) is 24.8 Å². The number of fused-ring (bicyclic) bond motifs is 1. The number of hydrogen-bond acceptors (Lipinski definition) is 3. The molecule has 0 radical (unpaired) electrons. The maximum Gasteiger partial charge on any atom is 0.154 e. The first-order valence-corrected chi connectivity index (χ1v) is 7.15. The van der Waals surface area contributed by atoms with Gasteiger partial charge in [0.2, 0.25) is 0 Å². The van der Waals surface area contributed by atoms with Crippen molar-refractivity contribution in [2.45, 2.75) is 13.8 Å². The summed E-state index contributed by atoms with van der Waals surface area (Å²) in [6.07, 6.45) is 3.70. The molecule has 0 aliphatic heterocycles. The molecule has 0 aliphatic rings. The van der Waals surface area contributed by atoms with Gasteiger partial charge in [-0.05, 0) is 37.6 Å². The van der Waals surface area contributed by atoms with E-state index < -0.39 is 0 Å². The molecule has 3 heterocycles. The van der Waals surface area contributed by atoms with Crippen molar-refractivity contribution in [3.63, 3.8) is 0 Å². The Morgan fingerprint density at radius 3 is 2.68 bits per heavy atom. The van der Waals surface area contributed by atoms with E-state index in [4.69, 9.17) is 0 Å². The molecule has 0 unspecified atom stereocenters. The van der Waals surface area contributed by atoms with Crippen molar-refractivity contribution < 1.29 is 0 Å². The van der Waals surface area contributed by atoms with Crippen LogP contribution in [-0.4, -0.2) is 24.8 Å². The van der Waals surface area contributed by atoms with Gasteiger partial charge in [-0.25, -0.2) is 9.50 Å². The second-order valence-electron chi connectivity index (χ2n) is 5.36. The molecule has 0 fully saturated rings. The van der Waals surface area contributed by atoms with E-state index in [9.17, 15) is 0 Å². The summed E-state index contributed by atoms with van der Waals surface area (Å²) < 4.78 is 1.78. The standard InChI is InChI=1S/C17H15N5/c1-11-12(2)20-21-17(11)14-6-3-5-13(9-14)15-10-22-16(19-15)7-4-8-18-22/h3-10H,1-2H3,(H,20,21). The highest BCUT2D eigenvalue weighted by atomic mass is 15.2. The van der Waals surface area contributed by atoms with Crippen molar-refractivity contribution in [1.29, 1.82) is 0 Å². The molecule has 0 amide bonds. The normalized spacial score (nSPS) is 11.2. The van der Waals surface area contributed by atoms with Crippen molar-refractivity contribution in [2.75, 3.05) is 0 Å². The van der Waals surface area contributed by atoms with Gasteiger partial charge in [-0.1, -0.05) is 18.2 Å². The summed E-state index contributed by atoms with van der Waals surface area (Å²) in [6, 6.07) is 12.1. The molecule has 1 aromatic carbocycles. The van der Waals surface area contributed by atoms with Crippen LogP contribution in [0.5, 0.6) is 0 Å². The Hall–Kier alpha value is -2.95. The zero-order valence-electron chi connectivity index (χ0n) is 12.4. The van der Waals surface area contributed by atoms with Crippen molar-refractivity contribution in [3.8, 4) is 22.5 Å². The minimum atomic E-state index is 0.842. The van der Waals surface area contributed by atoms with Crippen molar-refractivity contribution in [2.24, 2.45) is 0 Å². The van der Waals surface area contributed by atoms with Gasteiger partial charge in [-0.15, -0.1) is 0 Å². The van der Waals surface area contributed by atoms with Crippen LogP contribution in [-0.2, 0) is 0 Å². The van der Waals surface area contributed by atoms with Gasteiger partial charge in [0, 0.05) is 23.0 Å². The molecule has 0 saturated heterocycles. The molecule has 1 N–H and O–H groups in total. The fourth-order valence-corrected chi connectivity index (χ4v) is 2.56. The second kappa shape index (κ2) is 4.80. The molecule has 0 bridgehead atoms. The zero-order chi connectivity index (χ0) is 15.1. The fraction of sp³-hybridized carbons (Fsp3) is 0.118. The number of aryl methyl sites for hydroxylation is 1. The Labute approximate surface area is 127 Å². The summed E-state index contributed by atoms with van der Waals surface area (Å²) >= 11 is 0. The van der Waals surface area contributed by atoms with Gasteiger partial charge in [0.05, 0.1) is 17.6 Å². The fourth-order valence-electron chi connectivity index (χ4n) is 2.56. The van der Waals surface area contributed by atoms with Gasteiger partial charge in [0.15, 0.2) is 5.65 Å². The van der Waals surface area contributed by atoms with Gasteiger partial charge in [0.25, 0.3) is 0 Å². The molecule has 0 aliphatic carbocycles. The summed E-state index contributed by atoms with van der Waals surface area (Å²) in [5, 5.41) is 11.7. The predicted molar refractivity (Wildman–Crippen MR) is 85.5 cm³/mol. The van der Waals surface area contributed by atoms with Crippen LogP contribution in [0, 0.1) is 13.8 Å². The molecule has 22 heavy (non-hydrogen) atoms. The average Bonchev–Trinajstić information content (AvgIpc) is 3.12. The molecular weight excluding hydrogens is 274 g/mol. The summed E-state index contributed by atoms with van der Waals surface area (Å²) in [5.41, 5.74) is 7.15. The topological polar surface area (TPSA) is 58.9 Å². The molecule has 3 aromatic heterocycles. The maximum atomic E-state index is 4.62. The third-order valence-electron chi connectivity index (χ3n) is 3.92. The second-order valence-corrected chi connectivity index (χ2v) is 5.36. The summed E-state index contributed by atoms with van der Waals surface area (Å²) in [6.45, 7) is 4.11. The SMILES string of the molecule is Cc1[nH]nc(-c2cccc(-c3cn4ncccc4n3)c2)c1C. The van der Waals surface area contributed by atoms with Gasteiger partial charge in [-0.3, -0.25) is 5.10 Å². The lowest BCUT2D eigenvalue weighted by molar-refractivity contribution is 0.936. The van der Waals surface area contributed by atoms with Gasteiger partial charge >= 0.3 is 0 Å². The minimum Gasteiger partial charge on any atom is -0.282 e. The van der Waals surface area contributed by atoms with Crippen LogP contribution in [0.3, 0.4) is 0 Å². The molecule has 5 heteroatoms. The Morgan fingerprint density at radius 2 is 1.91 bits per heavy atom. The van der Waals surface area contributed by atoms with E-state index in [1.807, 2.05) is 31.3 Å². The number of rotatable bonds is 2. The summed E-state index contributed by atoms with van der Waals surface area (Å²) in [5.74, 6) is 0. The number of hydrogen-bond donors (Lipinski definition) is 1. The largest absolute Gasteiger partial charge is 0.282 e. The zero-order valence-corrected chi connectivity index (χ0v) is 12.4. The van der Waals surface area contributed by atoms with E-state index in [1.54, 1.807) is 10.7 Å². The number of aromatic nitrogens is 5. The number of nitrogens with zero attached hydrogens (tertiary/aromatic N) is 4. The molecular formula is C17H15N5. The highest BCUT2D eigenvalue weighted by Gasteiger charge is 2.10. The number of benzene rings is 1. The van der Waals surface area contributed by atoms with Gasteiger partial charge in [-0.2, -0.15) is 10.2 Å². The first kappa shape index (κ1) is 12.8. The molecule has 0 saturated carbocycles. The minimum absolute atomic E-state index is 0.842. The quantitative estimate of drug-likeness (QED) is 0.615. The van der Waals surface area contributed by atoms with Crippen LogP contribution < -0.4 is 0 Å². The molecule has 4 rings (SSSR count). The van der Waals surface area contributed by atoms with Crippen LogP contribution in [0.25, 0.3) is 28.2 Å².